The molecule has 0 spiro atoms. The molecule has 0 bridgehead atoms. The summed E-state index contributed by atoms with van der Waals surface area (Å²) in [5, 5.41) is 0. The van der Waals surface area contributed by atoms with Crippen molar-refractivity contribution in [3.63, 3.8) is 0 Å². The molecule has 0 aromatic rings. The van der Waals surface area contributed by atoms with Crippen LogP contribution in [-0.4, -0.2) is 5.67 Å². The quantitative estimate of drug-likeness (QED) is 0.427. The van der Waals surface area contributed by atoms with Crippen LogP contribution in [-0.2, 0) is 0 Å². The summed E-state index contributed by atoms with van der Waals surface area (Å²) in [5.74, 6) is 0.340. The lowest BCUT2D eigenvalue weighted by Crippen LogP contribution is -2.32. The lowest BCUT2D eigenvalue weighted by atomic mass is 9.78. The summed E-state index contributed by atoms with van der Waals surface area (Å²) in [6, 6.07) is 0. The van der Waals surface area contributed by atoms with Gasteiger partial charge in [0.2, 0.25) is 0 Å². The van der Waals surface area contributed by atoms with Crippen molar-refractivity contribution < 1.29 is 4.39 Å². The minimum atomic E-state index is -1.06. The molecule has 0 N–H and O–H groups in total. The van der Waals surface area contributed by atoms with E-state index in [-0.39, 0.29) is 11.8 Å². The Balaban J connectivity index is 4.48. The van der Waals surface area contributed by atoms with Crippen molar-refractivity contribution in [3.05, 3.63) is 37.5 Å². The van der Waals surface area contributed by atoms with Crippen molar-refractivity contribution in [1.82, 2.24) is 0 Å². The summed E-state index contributed by atoms with van der Waals surface area (Å²) in [4.78, 5) is 0. The molecule has 104 valence electrons. The molecule has 3 atom stereocenters. The third-order valence-corrected chi connectivity index (χ3v) is 3.93. The molecule has 0 radical (unpaired) electrons. The fourth-order valence-electron chi connectivity index (χ4n) is 2.22. The highest BCUT2D eigenvalue weighted by atomic mass is 19.1. The number of hydrogen-bond donors (Lipinski definition) is 0. The lowest BCUT2D eigenvalue weighted by molar-refractivity contribution is 0.0601. The van der Waals surface area contributed by atoms with Gasteiger partial charge in [-0.3, -0.25) is 0 Å². The van der Waals surface area contributed by atoms with E-state index in [9.17, 15) is 4.39 Å². The largest absolute Gasteiger partial charge is 0.244 e. The molecule has 0 aromatic carbocycles. The topological polar surface area (TPSA) is 0 Å². The molecule has 0 rings (SSSR count). The lowest BCUT2D eigenvalue weighted by Gasteiger charge is -2.32. The van der Waals surface area contributed by atoms with Crippen LogP contribution in [0.5, 0.6) is 0 Å². The van der Waals surface area contributed by atoms with Crippen LogP contribution < -0.4 is 0 Å². The molecule has 0 aliphatic carbocycles. The first-order chi connectivity index (χ1) is 8.53. The highest BCUT2D eigenvalue weighted by molar-refractivity contribution is 4.96. The van der Waals surface area contributed by atoms with E-state index in [1.54, 1.807) is 0 Å². The van der Waals surface area contributed by atoms with Crippen molar-refractivity contribution in [2.75, 3.05) is 0 Å². The standard InChI is InChI=1S/C17H29F/c1-6-10-11-12-13-16(8-3)14-17(18,9-4)15(5)7-2/h6,8,11-12,15-16H,1,3,7,9-10,13-14H2,2,4-5H3/b12-11-. The van der Waals surface area contributed by atoms with Gasteiger partial charge in [0, 0.05) is 0 Å². The minimum absolute atomic E-state index is 0.113. The van der Waals surface area contributed by atoms with Gasteiger partial charge >= 0.3 is 0 Å². The molecule has 0 nitrogen and oxygen atoms in total. The highest BCUT2D eigenvalue weighted by Crippen LogP contribution is 2.36. The van der Waals surface area contributed by atoms with E-state index < -0.39 is 5.67 Å². The summed E-state index contributed by atoms with van der Waals surface area (Å²) in [7, 11) is 0. The van der Waals surface area contributed by atoms with E-state index in [1.165, 1.54) is 0 Å². The van der Waals surface area contributed by atoms with Gasteiger partial charge in [-0.2, -0.15) is 0 Å². The van der Waals surface area contributed by atoms with Crippen molar-refractivity contribution in [2.24, 2.45) is 11.8 Å². The predicted octanol–water partition coefficient (Wildman–Crippen LogP) is 5.87. The Morgan fingerprint density at radius 2 is 1.89 bits per heavy atom. The number of alkyl halides is 1. The minimum Gasteiger partial charge on any atom is -0.244 e. The Morgan fingerprint density at radius 3 is 2.33 bits per heavy atom. The van der Waals surface area contributed by atoms with E-state index in [0.717, 1.165) is 19.3 Å². The SMILES string of the molecule is C=CC/C=C\CC(C=C)CC(F)(CC)C(C)CC. The highest BCUT2D eigenvalue weighted by Gasteiger charge is 2.34. The first kappa shape index (κ1) is 17.2. The van der Waals surface area contributed by atoms with E-state index in [1.807, 2.05) is 26.0 Å². The Hall–Kier alpha value is -0.850. The zero-order valence-corrected chi connectivity index (χ0v) is 12.3. The van der Waals surface area contributed by atoms with Crippen molar-refractivity contribution in [1.29, 1.82) is 0 Å². The van der Waals surface area contributed by atoms with Gasteiger partial charge in [0.1, 0.15) is 5.67 Å². The summed E-state index contributed by atoms with van der Waals surface area (Å²) in [6.07, 6.45) is 11.8. The van der Waals surface area contributed by atoms with Crippen molar-refractivity contribution >= 4 is 0 Å². The second kappa shape index (κ2) is 9.13. The van der Waals surface area contributed by atoms with Crippen LogP contribution in [0.2, 0.25) is 0 Å². The second-order valence-electron chi connectivity index (χ2n) is 5.13. The summed E-state index contributed by atoms with van der Waals surface area (Å²) in [5.41, 5.74) is -1.06. The molecule has 0 saturated heterocycles. The summed E-state index contributed by atoms with van der Waals surface area (Å²) >= 11 is 0. The van der Waals surface area contributed by atoms with E-state index in [0.29, 0.717) is 12.8 Å². The Bertz CT molecular complexity index is 267. The molecule has 18 heavy (non-hydrogen) atoms. The van der Waals surface area contributed by atoms with Gasteiger partial charge in [-0.15, -0.1) is 13.2 Å². The first-order valence-electron chi connectivity index (χ1n) is 7.11. The van der Waals surface area contributed by atoms with Gasteiger partial charge in [0.15, 0.2) is 0 Å². The number of allylic oxidation sites excluding steroid dienone is 4. The molecular weight excluding hydrogens is 223 g/mol. The van der Waals surface area contributed by atoms with Gasteiger partial charge in [-0.1, -0.05) is 51.5 Å². The molecule has 0 saturated carbocycles. The molecule has 0 heterocycles. The molecule has 0 aliphatic heterocycles. The molecule has 0 aliphatic rings. The van der Waals surface area contributed by atoms with Gasteiger partial charge in [-0.05, 0) is 37.5 Å². The summed E-state index contributed by atoms with van der Waals surface area (Å²) in [6.45, 7) is 13.5. The number of rotatable bonds is 10. The van der Waals surface area contributed by atoms with Crippen LogP contribution in [0.25, 0.3) is 0 Å². The van der Waals surface area contributed by atoms with E-state index in [2.05, 4.69) is 32.2 Å². The van der Waals surface area contributed by atoms with Gasteiger partial charge in [0.25, 0.3) is 0 Å². The van der Waals surface area contributed by atoms with Crippen LogP contribution in [0.4, 0.5) is 4.39 Å². The summed E-state index contributed by atoms with van der Waals surface area (Å²) < 4.78 is 14.8. The fraction of sp³-hybridized carbons (Fsp3) is 0.647. The Morgan fingerprint density at radius 1 is 1.22 bits per heavy atom. The van der Waals surface area contributed by atoms with Gasteiger partial charge in [0.05, 0.1) is 0 Å². The molecule has 1 heteroatoms. The van der Waals surface area contributed by atoms with Crippen LogP contribution in [0, 0.1) is 11.8 Å². The number of hydrogen-bond acceptors (Lipinski definition) is 0. The van der Waals surface area contributed by atoms with Crippen molar-refractivity contribution in [3.8, 4) is 0 Å². The van der Waals surface area contributed by atoms with Crippen LogP contribution in [0.15, 0.2) is 37.5 Å². The third kappa shape index (κ3) is 5.66. The zero-order valence-electron chi connectivity index (χ0n) is 12.3. The normalized spacial score (nSPS) is 18.2. The average molecular weight is 252 g/mol. The predicted molar refractivity (Wildman–Crippen MR) is 80.5 cm³/mol. The van der Waals surface area contributed by atoms with E-state index in [4.69, 9.17) is 0 Å². The average Bonchev–Trinajstić information content (AvgIpc) is 2.40. The third-order valence-electron chi connectivity index (χ3n) is 3.93. The first-order valence-corrected chi connectivity index (χ1v) is 7.11. The Kier molecular flexibility index (Phi) is 8.70. The van der Waals surface area contributed by atoms with Crippen LogP contribution in [0.1, 0.15) is 52.9 Å². The van der Waals surface area contributed by atoms with Gasteiger partial charge < -0.3 is 0 Å². The van der Waals surface area contributed by atoms with Gasteiger partial charge in [-0.25, -0.2) is 4.39 Å². The number of halogens is 1. The maximum Gasteiger partial charge on any atom is 0.113 e. The molecule has 3 unspecified atom stereocenters. The van der Waals surface area contributed by atoms with Crippen LogP contribution >= 0.6 is 0 Å². The maximum atomic E-state index is 14.8. The Labute approximate surface area is 113 Å². The molecule has 0 amide bonds. The maximum absolute atomic E-state index is 14.8. The molecule has 0 aromatic heterocycles. The zero-order chi connectivity index (χ0) is 14.0. The van der Waals surface area contributed by atoms with Crippen molar-refractivity contribution in [2.45, 2.75) is 58.5 Å². The second-order valence-corrected chi connectivity index (χ2v) is 5.13. The molecule has 0 fully saturated rings. The molecular formula is C17H29F. The smallest absolute Gasteiger partial charge is 0.113 e. The van der Waals surface area contributed by atoms with Crippen LogP contribution in [0.3, 0.4) is 0 Å². The fourth-order valence-corrected chi connectivity index (χ4v) is 2.22. The monoisotopic (exact) mass is 252 g/mol. The van der Waals surface area contributed by atoms with E-state index >= 15 is 0 Å².